The van der Waals surface area contributed by atoms with Gasteiger partial charge in [-0.05, 0) is 13.3 Å². The molecule has 0 amide bonds. The van der Waals surface area contributed by atoms with Crippen LogP contribution in [0.2, 0.25) is 0 Å². The molecular formula is C10H13FO2. The van der Waals surface area contributed by atoms with Crippen molar-refractivity contribution in [3.63, 3.8) is 0 Å². The highest BCUT2D eigenvalue weighted by atomic mass is 19.1. The van der Waals surface area contributed by atoms with E-state index in [0.29, 0.717) is 23.3 Å². The van der Waals surface area contributed by atoms with Gasteiger partial charge in [-0.15, -0.1) is 0 Å². The van der Waals surface area contributed by atoms with E-state index in [1.54, 1.807) is 6.92 Å². The number of phenolic OH excluding ortho intramolecular Hbond substituents is 1. The molecule has 1 rings (SSSR count). The molecule has 0 heterocycles. The average molecular weight is 184 g/mol. The quantitative estimate of drug-likeness (QED) is 0.764. The van der Waals surface area contributed by atoms with Crippen LogP contribution in [0.3, 0.4) is 0 Å². The van der Waals surface area contributed by atoms with Crippen molar-refractivity contribution in [2.45, 2.75) is 20.3 Å². The highest BCUT2D eigenvalue weighted by Gasteiger charge is 2.13. The van der Waals surface area contributed by atoms with Gasteiger partial charge in [0.2, 0.25) is 0 Å². The lowest BCUT2D eigenvalue weighted by Crippen LogP contribution is -1.97. The van der Waals surface area contributed by atoms with E-state index < -0.39 is 5.82 Å². The van der Waals surface area contributed by atoms with Gasteiger partial charge in [-0.25, -0.2) is 4.39 Å². The Balaban J connectivity index is 3.41. The van der Waals surface area contributed by atoms with Gasteiger partial charge in [0, 0.05) is 17.2 Å². The zero-order chi connectivity index (χ0) is 10.0. The second-order valence-corrected chi connectivity index (χ2v) is 2.87. The van der Waals surface area contributed by atoms with E-state index in [2.05, 4.69) is 0 Å². The third-order valence-corrected chi connectivity index (χ3v) is 2.10. The van der Waals surface area contributed by atoms with E-state index >= 15 is 0 Å². The fourth-order valence-corrected chi connectivity index (χ4v) is 1.38. The monoisotopic (exact) mass is 184 g/mol. The van der Waals surface area contributed by atoms with Crippen molar-refractivity contribution in [1.82, 2.24) is 0 Å². The van der Waals surface area contributed by atoms with Gasteiger partial charge >= 0.3 is 0 Å². The first kappa shape index (κ1) is 9.84. The topological polar surface area (TPSA) is 29.5 Å². The van der Waals surface area contributed by atoms with Gasteiger partial charge < -0.3 is 9.84 Å². The van der Waals surface area contributed by atoms with Gasteiger partial charge in [0.05, 0.1) is 7.11 Å². The smallest absolute Gasteiger partial charge is 0.133 e. The van der Waals surface area contributed by atoms with Crippen LogP contribution in [0.1, 0.15) is 18.1 Å². The summed E-state index contributed by atoms with van der Waals surface area (Å²) in [6.45, 7) is 3.52. The first-order chi connectivity index (χ1) is 6.11. The summed E-state index contributed by atoms with van der Waals surface area (Å²) in [5, 5.41) is 9.41. The van der Waals surface area contributed by atoms with Gasteiger partial charge in [0.15, 0.2) is 0 Å². The minimum absolute atomic E-state index is 0.0394. The molecule has 2 nitrogen and oxygen atoms in total. The second kappa shape index (κ2) is 3.64. The summed E-state index contributed by atoms with van der Waals surface area (Å²) in [5.74, 6) is -0.0333. The molecule has 72 valence electrons. The minimum Gasteiger partial charge on any atom is -0.507 e. The third kappa shape index (κ3) is 1.59. The van der Waals surface area contributed by atoms with Gasteiger partial charge in [0.25, 0.3) is 0 Å². The van der Waals surface area contributed by atoms with Crippen LogP contribution in [0.5, 0.6) is 11.5 Å². The summed E-state index contributed by atoms with van der Waals surface area (Å²) < 4.78 is 18.1. The number of methoxy groups -OCH3 is 1. The maximum atomic E-state index is 13.1. The van der Waals surface area contributed by atoms with Crippen molar-refractivity contribution in [3.8, 4) is 11.5 Å². The van der Waals surface area contributed by atoms with Crippen molar-refractivity contribution in [1.29, 1.82) is 0 Å². The van der Waals surface area contributed by atoms with Gasteiger partial charge in [-0.3, -0.25) is 0 Å². The number of rotatable bonds is 2. The molecule has 1 N–H and O–H groups in total. The molecule has 0 radical (unpaired) electrons. The summed E-state index contributed by atoms with van der Waals surface area (Å²) in [5.41, 5.74) is 1.10. The summed E-state index contributed by atoms with van der Waals surface area (Å²) >= 11 is 0. The normalized spacial score (nSPS) is 10.2. The fourth-order valence-electron chi connectivity index (χ4n) is 1.38. The Hall–Kier alpha value is -1.25. The van der Waals surface area contributed by atoms with Gasteiger partial charge in [-0.2, -0.15) is 0 Å². The third-order valence-electron chi connectivity index (χ3n) is 2.10. The van der Waals surface area contributed by atoms with E-state index in [1.807, 2.05) is 6.92 Å². The van der Waals surface area contributed by atoms with Crippen LogP contribution >= 0.6 is 0 Å². The standard InChI is InChI=1S/C10H13FO2/c1-4-7-9(12)5-8(11)6(2)10(7)13-3/h5,12H,4H2,1-3H3. The molecule has 0 fully saturated rings. The SMILES string of the molecule is CCc1c(O)cc(F)c(C)c1OC. The zero-order valence-corrected chi connectivity index (χ0v) is 8.02. The molecule has 13 heavy (non-hydrogen) atoms. The van der Waals surface area contributed by atoms with Gasteiger partial charge in [0.1, 0.15) is 17.3 Å². The Morgan fingerprint density at radius 1 is 1.54 bits per heavy atom. The number of phenols is 1. The summed E-state index contributed by atoms with van der Waals surface area (Å²) in [6, 6.07) is 1.12. The van der Waals surface area contributed by atoms with Crippen LogP contribution < -0.4 is 4.74 Å². The molecule has 0 atom stereocenters. The largest absolute Gasteiger partial charge is 0.507 e. The molecule has 0 aliphatic heterocycles. The maximum absolute atomic E-state index is 13.1. The summed E-state index contributed by atoms with van der Waals surface area (Å²) in [7, 11) is 1.47. The molecular weight excluding hydrogens is 171 g/mol. The van der Waals surface area contributed by atoms with Crippen LogP contribution in [0.15, 0.2) is 6.07 Å². The molecule has 1 aromatic carbocycles. The van der Waals surface area contributed by atoms with Crippen LogP contribution in [0.4, 0.5) is 4.39 Å². The van der Waals surface area contributed by atoms with Crippen LogP contribution in [0.25, 0.3) is 0 Å². The number of ether oxygens (including phenoxy) is 1. The summed E-state index contributed by atoms with van der Waals surface area (Å²) in [4.78, 5) is 0. The first-order valence-corrected chi connectivity index (χ1v) is 4.16. The van der Waals surface area contributed by atoms with Gasteiger partial charge in [-0.1, -0.05) is 6.92 Å². The Kier molecular flexibility index (Phi) is 2.76. The predicted octanol–water partition coefficient (Wildman–Crippen LogP) is 2.41. The van der Waals surface area contributed by atoms with Crippen LogP contribution in [0, 0.1) is 12.7 Å². The molecule has 0 aliphatic rings. The fraction of sp³-hybridized carbons (Fsp3) is 0.400. The summed E-state index contributed by atoms with van der Waals surface area (Å²) in [6.07, 6.45) is 0.621. The molecule has 1 aromatic rings. The Labute approximate surface area is 77.0 Å². The predicted molar refractivity (Wildman–Crippen MR) is 48.7 cm³/mol. The van der Waals surface area contributed by atoms with E-state index in [-0.39, 0.29) is 5.75 Å². The Bertz CT molecular complexity index is 321. The molecule has 3 heteroatoms. The Morgan fingerprint density at radius 2 is 2.15 bits per heavy atom. The molecule has 0 spiro atoms. The van der Waals surface area contributed by atoms with E-state index in [9.17, 15) is 9.50 Å². The van der Waals surface area contributed by atoms with Crippen molar-refractivity contribution >= 4 is 0 Å². The van der Waals surface area contributed by atoms with Crippen LogP contribution in [-0.2, 0) is 6.42 Å². The number of hydrogen-bond donors (Lipinski definition) is 1. The Morgan fingerprint density at radius 3 is 2.62 bits per heavy atom. The number of halogens is 1. The second-order valence-electron chi connectivity index (χ2n) is 2.87. The lowest BCUT2D eigenvalue weighted by atomic mass is 10.1. The first-order valence-electron chi connectivity index (χ1n) is 4.16. The molecule has 0 saturated carbocycles. The van der Waals surface area contributed by atoms with Crippen molar-refractivity contribution in [3.05, 3.63) is 23.0 Å². The number of hydrogen-bond acceptors (Lipinski definition) is 2. The highest BCUT2D eigenvalue weighted by molar-refractivity contribution is 5.49. The zero-order valence-electron chi connectivity index (χ0n) is 8.02. The molecule has 0 bridgehead atoms. The number of benzene rings is 1. The van der Waals surface area contributed by atoms with Crippen LogP contribution in [-0.4, -0.2) is 12.2 Å². The van der Waals surface area contributed by atoms with Crippen molar-refractivity contribution < 1.29 is 14.2 Å². The molecule has 0 aliphatic carbocycles. The molecule has 0 saturated heterocycles. The minimum atomic E-state index is -0.438. The maximum Gasteiger partial charge on any atom is 0.133 e. The van der Waals surface area contributed by atoms with E-state index in [4.69, 9.17) is 4.74 Å². The van der Waals surface area contributed by atoms with Crippen molar-refractivity contribution in [2.24, 2.45) is 0 Å². The number of aromatic hydroxyl groups is 1. The lowest BCUT2D eigenvalue weighted by Gasteiger charge is -2.12. The molecule has 0 unspecified atom stereocenters. The lowest BCUT2D eigenvalue weighted by molar-refractivity contribution is 0.391. The highest BCUT2D eigenvalue weighted by Crippen LogP contribution is 2.33. The average Bonchev–Trinajstić information content (AvgIpc) is 2.10. The van der Waals surface area contributed by atoms with E-state index in [1.165, 1.54) is 7.11 Å². The van der Waals surface area contributed by atoms with Crippen molar-refractivity contribution in [2.75, 3.05) is 7.11 Å². The van der Waals surface area contributed by atoms with E-state index in [0.717, 1.165) is 6.07 Å². The molecule has 0 aromatic heterocycles.